The van der Waals surface area contributed by atoms with Crippen molar-refractivity contribution in [2.75, 3.05) is 0 Å². The lowest BCUT2D eigenvalue weighted by atomic mass is 9.95. The van der Waals surface area contributed by atoms with Gasteiger partial charge in [0.25, 0.3) is 0 Å². The van der Waals surface area contributed by atoms with E-state index in [1.807, 2.05) is 47.0 Å². The first-order chi connectivity index (χ1) is 36.4. The lowest BCUT2D eigenvalue weighted by Crippen LogP contribution is -2.09. The molecule has 326 valence electrons. The first kappa shape index (κ1) is 34.7. The van der Waals surface area contributed by atoms with Crippen molar-refractivity contribution in [3.8, 4) is 45.5 Å². The molecule has 5 aromatic heterocycles. The second kappa shape index (κ2) is 15.0. The molecule has 0 bridgehead atoms. The van der Waals surface area contributed by atoms with Crippen LogP contribution in [0, 0.1) is 0 Å². The molecule has 6 nitrogen and oxygen atoms in total. The van der Waals surface area contributed by atoms with E-state index < -0.39 is 0 Å². The lowest BCUT2D eigenvalue weighted by molar-refractivity contribution is 0.991. The number of rotatable bonds is 6. The summed E-state index contributed by atoms with van der Waals surface area (Å²) in [5, 5.41) is 7.82. The van der Waals surface area contributed by atoms with Crippen molar-refractivity contribution >= 4 is 87.2 Å². The van der Waals surface area contributed by atoms with E-state index in [4.69, 9.17) is 12.7 Å². The van der Waals surface area contributed by atoms with Gasteiger partial charge in [-0.3, -0.25) is 9.13 Å². The van der Waals surface area contributed by atoms with Crippen molar-refractivity contribution in [2.24, 2.45) is 0 Å². The zero-order chi connectivity index (χ0) is 49.3. The molecular formula is C64H40N6. The van der Waals surface area contributed by atoms with E-state index in [1.54, 1.807) is 0 Å². The minimum absolute atomic E-state index is 0.103. The van der Waals surface area contributed by atoms with Gasteiger partial charge in [0.1, 0.15) is 11.6 Å². The van der Waals surface area contributed by atoms with Gasteiger partial charge in [-0.15, -0.1) is 0 Å². The topological polar surface area (TPSA) is 45.5 Å². The van der Waals surface area contributed by atoms with E-state index in [0.717, 1.165) is 93.5 Å². The van der Waals surface area contributed by atoms with Crippen molar-refractivity contribution in [3.63, 3.8) is 0 Å². The summed E-state index contributed by atoms with van der Waals surface area (Å²) in [4.78, 5) is 11.5. The molecule has 0 aliphatic rings. The molecule has 70 heavy (non-hydrogen) atoms. The van der Waals surface area contributed by atoms with Gasteiger partial charge < -0.3 is 9.13 Å². The van der Waals surface area contributed by atoms with Crippen LogP contribution >= 0.6 is 0 Å². The number of para-hydroxylation sites is 9. The molecule has 0 fully saturated rings. The van der Waals surface area contributed by atoms with Crippen LogP contribution in [0.1, 0.15) is 5.48 Å². The molecule has 0 amide bonds. The van der Waals surface area contributed by atoms with Crippen molar-refractivity contribution < 1.29 is 5.48 Å². The fourth-order valence-electron chi connectivity index (χ4n) is 11.3. The zero-order valence-electron chi connectivity index (χ0n) is 41.5. The summed E-state index contributed by atoms with van der Waals surface area (Å²) in [5.41, 5.74) is 11.7. The predicted octanol–water partition coefficient (Wildman–Crippen LogP) is 16.2. The van der Waals surface area contributed by atoms with E-state index >= 15 is 0 Å². The molecule has 0 N–H and O–H groups in total. The Morgan fingerprint density at radius 1 is 0.286 bits per heavy atom. The number of nitrogens with zero attached hydrogens (tertiary/aromatic N) is 6. The molecule has 0 aliphatic heterocycles. The highest BCUT2D eigenvalue weighted by Crippen LogP contribution is 2.45. The Hall–Kier alpha value is -9.52. The molecule has 0 atom stereocenters. The normalized spacial score (nSPS) is 12.8. The molecule has 0 radical (unpaired) electrons. The summed E-state index contributed by atoms with van der Waals surface area (Å²) in [6, 6.07) is 74.8. The van der Waals surface area contributed by atoms with Crippen LogP contribution in [-0.2, 0) is 0 Å². The van der Waals surface area contributed by atoms with Crippen molar-refractivity contribution in [2.45, 2.75) is 0 Å². The predicted molar refractivity (Wildman–Crippen MR) is 290 cm³/mol. The summed E-state index contributed by atoms with van der Waals surface area (Å²) in [5.74, 6) is 1.46. The molecule has 5 heterocycles. The summed E-state index contributed by atoms with van der Waals surface area (Å²) in [6.45, 7) is 0. The van der Waals surface area contributed by atoms with E-state index in [-0.39, 0.29) is 24.2 Å². The molecule has 0 unspecified atom stereocenters. The smallest absolute Gasteiger partial charge is 0.166 e. The zero-order valence-corrected chi connectivity index (χ0v) is 37.5. The van der Waals surface area contributed by atoms with Crippen LogP contribution in [0.15, 0.2) is 243 Å². The van der Waals surface area contributed by atoms with E-state index in [9.17, 15) is 2.74 Å². The van der Waals surface area contributed by atoms with Gasteiger partial charge in [0.05, 0.1) is 66.6 Å². The highest BCUT2D eigenvalue weighted by atomic mass is 15.2. The van der Waals surface area contributed by atoms with Gasteiger partial charge in [-0.2, -0.15) is 0 Å². The molecule has 10 aromatic carbocycles. The Bertz CT molecular complexity index is 4710. The summed E-state index contributed by atoms with van der Waals surface area (Å²) in [6.07, 6.45) is 0. The fraction of sp³-hybridized carbons (Fsp3) is 0. The SMILES string of the molecule is [2H]c1c([2H])c([2H])c2c(c1[2H])c1ccccc1n2-c1cc(-n2c3ccccc3c3ccccc32)nc(-c2c(-c3ccccc3-n3c4ccccc4c4ccccc43)cccc2-n2c3ccccc3c3ccccc32)n1. The van der Waals surface area contributed by atoms with Crippen LogP contribution in [0.25, 0.3) is 133 Å². The van der Waals surface area contributed by atoms with Crippen LogP contribution in [0.4, 0.5) is 0 Å². The Morgan fingerprint density at radius 2 is 0.629 bits per heavy atom. The number of hydrogen-bond acceptors (Lipinski definition) is 2. The van der Waals surface area contributed by atoms with Crippen molar-refractivity contribution in [3.05, 3.63) is 243 Å². The third-order valence-corrected chi connectivity index (χ3v) is 14.1. The van der Waals surface area contributed by atoms with Crippen molar-refractivity contribution in [1.82, 2.24) is 28.2 Å². The minimum atomic E-state index is -0.316. The number of aromatic nitrogens is 6. The van der Waals surface area contributed by atoms with Gasteiger partial charge in [0, 0.05) is 54.7 Å². The van der Waals surface area contributed by atoms with Gasteiger partial charge >= 0.3 is 0 Å². The Morgan fingerprint density at radius 3 is 1.11 bits per heavy atom. The maximum Gasteiger partial charge on any atom is 0.166 e. The third-order valence-electron chi connectivity index (χ3n) is 14.1. The van der Waals surface area contributed by atoms with Crippen molar-refractivity contribution in [1.29, 1.82) is 0 Å². The third kappa shape index (κ3) is 5.50. The monoisotopic (exact) mass is 896 g/mol. The molecule has 15 rings (SSSR count). The molecule has 0 spiro atoms. The van der Waals surface area contributed by atoms with Gasteiger partial charge in [-0.05, 0) is 66.2 Å². The van der Waals surface area contributed by atoms with Crippen LogP contribution in [-0.4, -0.2) is 28.2 Å². The van der Waals surface area contributed by atoms with Gasteiger partial charge in [-0.25, -0.2) is 9.97 Å². The molecular weight excluding hydrogens is 853 g/mol. The van der Waals surface area contributed by atoms with E-state index in [2.05, 4.69) is 190 Å². The van der Waals surface area contributed by atoms with Crippen LogP contribution in [0.3, 0.4) is 0 Å². The van der Waals surface area contributed by atoms with Gasteiger partial charge in [0.2, 0.25) is 0 Å². The van der Waals surface area contributed by atoms with Crippen LogP contribution < -0.4 is 0 Å². The van der Waals surface area contributed by atoms with Gasteiger partial charge in [-0.1, -0.05) is 176 Å². The lowest BCUT2D eigenvalue weighted by Gasteiger charge is -2.21. The van der Waals surface area contributed by atoms with Gasteiger partial charge in [0.15, 0.2) is 5.82 Å². The first-order valence-electron chi connectivity index (χ1n) is 25.5. The highest BCUT2D eigenvalue weighted by Gasteiger charge is 2.26. The summed E-state index contributed by atoms with van der Waals surface area (Å²) in [7, 11) is 0. The molecule has 0 saturated heterocycles. The first-order valence-corrected chi connectivity index (χ1v) is 23.5. The molecule has 0 saturated carbocycles. The number of fused-ring (bicyclic) bond motifs is 12. The molecule has 6 heteroatoms. The van der Waals surface area contributed by atoms with E-state index in [0.29, 0.717) is 39.3 Å². The summed E-state index contributed by atoms with van der Waals surface area (Å²) >= 11 is 0. The maximum absolute atomic E-state index is 9.54. The second-order valence-corrected chi connectivity index (χ2v) is 17.8. The average molecular weight is 897 g/mol. The number of hydrogen-bond donors (Lipinski definition) is 0. The van der Waals surface area contributed by atoms with E-state index in [1.165, 1.54) is 0 Å². The standard InChI is InChI=1S/C64H40N6/c1-10-30-51-41(20-1)42-21-2-11-31-52(42)67(51)55-34-14-9-28-49(55)50-29-19-39-60(68-53-32-12-3-22-43(53)44-23-4-13-33-54(44)68)63(50)64-65-61(69-56-35-15-5-24-45(56)46-25-6-16-36-57(46)69)40-62(66-64)70-58-37-17-7-26-47(58)48-27-8-18-38-59(48)70/h1-40H/i5D,15D,24D,35D. The minimum Gasteiger partial charge on any atom is -0.309 e. The van der Waals surface area contributed by atoms with Crippen LogP contribution in [0.5, 0.6) is 0 Å². The Labute approximate surface area is 407 Å². The summed E-state index contributed by atoms with van der Waals surface area (Å²) < 4.78 is 45.5. The maximum atomic E-state index is 9.54. The highest BCUT2D eigenvalue weighted by molar-refractivity contribution is 6.13. The van der Waals surface area contributed by atoms with Crippen LogP contribution in [0.2, 0.25) is 0 Å². The Balaban J connectivity index is 1.13. The average Bonchev–Trinajstić information content (AvgIpc) is 4.20. The quantitative estimate of drug-likeness (QED) is 0.167. The molecule has 15 aromatic rings. The molecule has 0 aliphatic carbocycles. The number of benzene rings is 10. The largest absolute Gasteiger partial charge is 0.309 e. The fourth-order valence-corrected chi connectivity index (χ4v) is 11.3. The Kier molecular flexibility index (Phi) is 7.44. The second-order valence-electron chi connectivity index (χ2n) is 17.8.